The van der Waals surface area contributed by atoms with Gasteiger partial charge in [-0.05, 0) is 135 Å². The van der Waals surface area contributed by atoms with Gasteiger partial charge in [-0.2, -0.15) is 0 Å². The lowest BCUT2D eigenvalue weighted by atomic mass is 9.99. The third-order valence-corrected chi connectivity index (χ3v) is 28.7. The molecule has 0 saturated carbocycles. The number of benzene rings is 7. The summed E-state index contributed by atoms with van der Waals surface area (Å²) in [5.74, 6) is 69.5. The fraction of sp³-hybridized carbons (Fsp3) is 0.243. The van der Waals surface area contributed by atoms with Crippen LogP contribution in [0, 0.1) is 164 Å². The minimum atomic E-state index is -3.70. The van der Waals surface area contributed by atoms with Crippen LogP contribution < -0.4 is 10.6 Å². The summed E-state index contributed by atoms with van der Waals surface area (Å²) < 4.78 is 133. The molecule has 2 unspecified atom stereocenters. The van der Waals surface area contributed by atoms with Gasteiger partial charge in [-0.1, -0.05) is 251 Å². The van der Waals surface area contributed by atoms with Gasteiger partial charge in [0.05, 0.1) is 58.0 Å². The zero-order valence-electron chi connectivity index (χ0n) is 70.9. The van der Waals surface area contributed by atoms with Crippen LogP contribution in [-0.4, -0.2) is 132 Å². The molecule has 0 aromatic heterocycles. The first-order valence-electron chi connectivity index (χ1n) is 41.0. The Morgan fingerprint density at radius 2 is 0.667 bits per heavy atom. The van der Waals surface area contributed by atoms with Crippen LogP contribution in [-0.2, 0) is 62.7 Å². The van der Waals surface area contributed by atoms with Crippen LogP contribution in [0.15, 0.2) is 222 Å². The SMILES string of the molecule is C1#CCOCC#CCOC1.C1#Cc2ccccc2C#CCCCC1.CN1CC#CCCCC#CC1.O=C1OC(=O)c2cc3c(cc21)C#CCCCCC#C3.O=P1(c2ccccc2)C#Cc2ccccc2C#CP(=O)(c2ccccc2)CC1.O=S1(=O)C#Cc2ccccc2C#CS(=O)(=O)CC1.O=S1(=O)C=C=C=C/C=C\C=C=C1.O=S1(=O)CCC#Cc2ccccc2C#CCC1. The molecule has 7 aromatic carbocycles. The van der Waals surface area contributed by atoms with Crippen LogP contribution in [0.4, 0.5) is 0 Å². The molecule has 7 aromatic rings. The average molecular weight is 1820 g/mol. The maximum absolute atomic E-state index is 13.9. The number of cyclic esters (lactones) is 2. The molecule has 0 saturated heterocycles. The average Bonchev–Trinajstić information content (AvgIpc) is 1.01. The molecule has 7 aliphatic heterocycles. The first kappa shape index (κ1) is 99.0. The number of fused-ring (bicyclic) bond motifs is 6. The Bertz CT molecular complexity index is 6770. The predicted octanol–water partition coefficient (Wildman–Crippen LogP) is 14.3. The van der Waals surface area contributed by atoms with Crippen molar-refractivity contribution < 1.29 is 66.6 Å². The Balaban J connectivity index is 0.000000170. The second-order valence-corrected chi connectivity index (χ2v) is 41.2. The molecule has 2 atom stereocenters. The molecule has 16 nitrogen and oxygen atoms in total. The summed E-state index contributed by atoms with van der Waals surface area (Å²) in [7, 11) is -17.7. The zero-order valence-corrected chi connectivity index (χ0v) is 76.0. The van der Waals surface area contributed by atoms with Crippen LogP contribution >= 0.6 is 14.3 Å². The third-order valence-electron chi connectivity index (χ3n) is 18.3. The predicted molar refractivity (Wildman–Crippen MR) is 511 cm³/mol. The van der Waals surface area contributed by atoms with E-state index < -0.39 is 77.1 Å². The lowest BCUT2D eigenvalue weighted by Crippen LogP contribution is -2.18. The van der Waals surface area contributed by atoms with Gasteiger partial charge in [0.2, 0.25) is 29.5 Å². The molecule has 7 heterocycles. The van der Waals surface area contributed by atoms with E-state index in [1.54, 1.807) is 54.6 Å². The number of sulfone groups is 4. The maximum atomic E-state index is 13.9. The Morgan fingerprint density at radius 1 is 0.333 bits per heavy atom. The van der Waals surface area contributed by atoms with Gasteiger partial charge < -0.3 is 23.3 Å². The van der Waals surface area contributed by atoms with Gasteiger partial charge in [-0.25, -0.2) is 43.3 Å². The van der Waals surface area contributed by atoms with Crippen molar-refractivity contribution in [3.8, 4) is 164 Å². The molecule has 2 aliphatic carbocycles. The minimum Gasteiger partial charge on any atom is -0.386 e. The van der Waals surface area contributed by atoms with E-state index in [0.29, 0.717) is 83.3 Å². The summed E-state index contributed by atoms with van der Waals surface area (Å²) in [4.78, 5) is 25.2. The van der Waals surface area contributed by atoms with Crippen molar-refractivity contribution >= 4 is 76.2 Å². The van der Waals surface area contributed by atoms with Crippen LogP contribution in [0.5, 0.6) is 0 Å². The van der Waals surface area contributed by atoms with Crippen molar-refractivity contribution in [3.63, 3.8) is 0 Å². The molecule has 644 valence electrons. The fourth-order valence-corrected chi connectivity index (χ4v) is 20.7. The zero-order chi connectivity index (χ0) is 91.6. The summed E-state index contributed by atoms with van der Waals surface area (Å²) in [6.07, 6.45) is 18.9. The quantitative estimate of drug-likeness (QED) is 0.0514. The van der Waals surface area contributed by atoms with E-state index in [2.05, 4.69) is 191 Å². The number of ether oxygens (including phenoxy) is 3. The Labute approximate surface area is 760 Å². The molecule has 0 amide bonds. The van der Waals surface area contributed by atoms with Crippen LogP contribution in [0.25, 0.3) is 0 Å². The number of rotatable bonds is 2. The molecule has 0 fully saturated rings. The lowest BCUT2D eigenvalue weighted by Gasteiger charge is -2.17. The van der Waals surface area contributed by atoms with Gasteiger partial charge in [0.1, 0.15) is 26.4 Å². The van der Waals surface area contributed by atoms with Crippen LogP contribution in [0.2, 0.25) is 0 Å². The molecule has 0 spiro atoms. The van der Waals surface area contributed by atoms with E-state index in [9.17, 15) is 52.4 Å². The number of hydrogen-bond donors (Lipinski definition) is 0. The van der Waals surface area contributed by atoms with Crippen molar-refractivity contribution in [2.24, 2.45) is 0 Å². The van der Waals surface area contributed by atoms with E-state index in [1.807, 2.05) is 141 Å². The molecular formula is C107H87NO15P2S4. The molecule has 16 rings (SSSR count). The van der Waals surface area contributed by atoms with Crippen molar-refractivity contribution in [3.05, 3.63) is 289 Å². The Hall–Kier alpha value is -13.8. The van der Waals surface area contributed by atoms with Crippen molar-refractivity contribution in [2.45, 2.75) is 83.5 Å². The van der Waals surface area contributed by atoms with Gasteiger partial charge in [-0.3, -0.25) is 4.90 Å². The van der Waals surface area contributed by atoms with Gasteiger partial charge >= 0.3 is 11.9 Å². The summed E-state index contributed by atoms with van der Waals surface area (Å²) in [6, 6.07) is 51.6. The maximum Gasteiger partial charge on any atom is 0.346 e. The summed E-state index contributed by atoms with van der Waals surface area (Å²) in [5, 5.41) is 7.56. The molecule has 9 aliphatic rings. The van der Waals surface area contributed by atoms with E-state index in [0.717, 1.165) is 104 Å². The first-order chi connectivity index (χ1) is 62.5. The number of nitrogens with zero attached hydrogens (tertiary/aromatic N) is 1. The third kappa shape index (κ3) is 36.6. The first-order valence-corrected chi connectivity index (χ1v) is 51.5. The second kappa shape index (κ2) is 53.0. The van der Waals surface area contributed by atoms with Crippen molar-refractivity contribution in [1.29, 1.82) is 0 Å². The van der Waals surface area contributed by atoms with E-state index in [4.69, 9.17) is 9.47 Å². The highest BCUT2D eigenvalue weighted by molar-refractivity contribution is 7.99. The number of allylic oxidation sites excluding steroid dienone is 4. The highest BCUT2D eigenvalue weighted by Gasteiger charge is 2.32. The topological polar surface area (TPSA) is 236 Å². The second-order valence-electron chi connectivity index (χ2n) is 28.3. The van der Waals surface area contributed by atoms with Gasteiger partial charge in [0, 0.05) is 140 Å². The van der Waals surface area contributed by atoms with E-state index in [-0.39, 0.29) is 35.0 Å². The number of esters is 2. The van der Waals surface area contributed by atoms with Gasteiger partial charge in [0.15, 0.2) is 24.1 Å². The fourth-order valence-electron chi connectivity index (χ4n) is 11.4. The summed E-state index contributed by atoms with van der Waals surface area (Å²) in [6.45, 7) is 3.54. The highest BCUT2D eigenvalue weighted by atomic mass is 32.2. The number of carbonyl (C=O) groups excluding carboxylic acids is 2. The molecule has 0 radical (unpaired) electrons. The summed E-state index contributed by atoms with van der Waals surface area (Å²) >= 11 is 0. The van der Waals surface area contributed by atoms with Crippen LogP contribution in [0.3, 0.4) is 0 Å². The Morgan fingerprint density at radius 3 is 1.05 bits per heavy atom. The standard InChI is InChI=1S/C24H18O2P2.C16H10O3.C14H12O2S.C14H12.C12H8O4S2.C10H13N.C9H6O2S.C8H8O2/c25-27(23-11-3-1-4-12-23)17-15-21-9-7-8-10-22(21)16-18-28(26,20-19-27)24-13-5-2-6-14-24;17-15-13-9-11-7-5-3-1-2-4-6-8-12(11)10-14(13)16(18)19-15;15-17(16)11-5-3-9-13-7-1-2-8-14(13)10-4-6-12-17;1-2-4-6-10-14-12-8-7-11-13(14)9-5-3-1;13-17(14)7-5-11-3-1-2-4-12(11)6-8-18(15,16)10-9-17;1-11-9-7-5-3-2-4-6-8-10-11;10-12(11)8-6-4-2-1-3-5-7-9-12;1-2-6-10-8-4-3-7-9-5-1/h1-14H,19-20H2;9-10H,1-4H2;1-2,7-8H,5-6,11-12H2;7-8,11-12H,1-4H2;1-4H,9-10H2;2-4,9-10H2,1H3;1-4,8-9H;5-8H2/b;;;;;;2-1-,9-3?;. The van der Waals surface area contributed by atoms with Crippen LogP contribution in [0.1, 0.15) is 160 Å². The Kier molecular flexibility index (Phi) is 40.7. The monoisotopic (exact) mass is 1820 g/mol. The number of carbonyl (C=O) groups is 2. The molecule has 0 N–H and O–H groups in total. The van der Waals surface area contributed by atoms with E-state index in [1.165, 1.54) is 18.9 Å². The summed E-state index contributed by atoms with van der Waals surface area (Å²) in [5.41, 5.74) is 21.6. The normalized spacial score (nSPS) is 18.9. The molecule has 22 heteroatoms. The minimum absolute atomic E-state index is 0.129. The van der Waals surface area contributed by atoms with E-state index >= 15 is 0 Å². The van der Waals surface area contributed by atoms with Crippen molar-refractivity contribution in [1.82, 2.24) is 4.90 Å². The number of hydrogen-bond acceptors (Lipinski definition) is 16. The van der Waals surface area contributed by atoms with Gasteiger partial charge in [-0.15, -0.1) is 17.6 Å². The smallest absolute Gasteiger partial charge is 0.346 e. The van der Waals surface area contributed by atoms with Crippen molar-refractivity contribution in [2.75, 3.05) is 81.9 Å². The lowest BCUT2D eigenvalue weighted by molar-refractivity contribution is 0.0443. The highest BCUT2D eigenvalue weighted by Crippen LogP contribution is 2.51. The largest absolute Gasteiger partial charge is 0.386 e. The molecule has 0 bridgehead atoms. The molecule has 129 heavy (non-hydrogen) atoms. The molecular weight excluding hydrogens is 1730 g/mol. The van der Waals surface area contributed by atoms with Gasteiger partial charge in [0.25, 0.3) is 0 Å².